The Morgan fingerprint density at radius 1 is 1.27 bits per heavy atom. The fourth-order valence-electron chi connectivity index (χ4n) is 2.08. The molecule has 0 aromatic heterocycles. The largest absolute Gasteiger partial charge is 0.484 e. The molecule has 0 unspecified atom stereocenters. The van der Waals surface area contributed by atoms with E-state index in [1.165, 1.54) is 0 Å². The first-order chi connectivity index (χ1) is 10.1. The third kappa shape index (κ3) is 5.18. The second kappa shape index (κ2) is 8.57. The van der Waals surface area contributed by atoms with Crippen molar-refractivity contribution >= 4 is 29.9 Å². The Kier molecular flexibility index (Phi) is 7.10. The van der Waals surface area contributed by atoms with Crippen LogP contribution in [-0.4, -0.2) is 37.2 Å². The summed E-state index contributed by atoms with van der Waals surface area (Å²) in [5.41, 5.74) is 11.1. The highest BCUT2D eigenvalue weighted by Crippen LogP contribution is 2.21. The Labute approximate surface area is 134 Å². The SMILES string of the molecule is Cl.NC[C@H]1CC[C@@H](C(=O)Nc2ccc(OCC(N)=O)cc2)O1. The normalized spacial score (nSPS) is 20.0. The van der Waals surface area contributed by atoms with Crippen molar-refractivity contribution in [1.82, 2.24) is 0 Å². The predicted octanol–water partition coefficient (Wildman–Crippen LogP) is 0.417. The number of primary amides is 1. The Hall–Kier alpha value is -1.83. The molecule has 0 bridgehead atoms. The number of benzene rings is 1. The minimum atomic E-state index is -0.541. The molecule has 0 aliphatic carbocycles. The van der Waals surface area contributed by atoms with Gasteiger partial charge in [0.25, 0.3) is 11.8 Å². The van der Waals surface area contributed by atoms with E-state index in [0.717, 1.165) is 6.42 Å². The lowest BCUT2D eigenvalue weighted by molar-refractivity contribution is -0.126. The van der Waals surface area contributed by atoms with E-state index in [9.17, 15) is 9.59 Å². The molecule has 1 aliphatic heterocycles. The summed E-state index contributed by atoms with van der Waals surface area (Å²) in [6.45, 7) is 0.248. The second-order valence-electron chi connectivity index (χ2n) is 4.83. The molecule has 1 fully saturated rings. The minimum absolute atomic E-state index is 0. The number of halogens is 1. The van der Waals surface area contributed by atoms with Crippen molar-refractivity contribution in [3.05, 3.63) is 24.3 Å². The van der Waals surface area contributed by atoms with Gasteiger partial charge in [0, 0.05) is 12.2 Å². The molecular formula is C14H20ClN3O4. The van der Waals surface area contributed by atoms with Crippen LogP contribution < -0.4 is 21.5 Å². The molecule has 5 N–H and O–H groups in total. The lowest BCUT2D eigenvalue weighted by Crippen LogP contribution is -2.29. The molecule has 2 rings (SSSR count). The zero-order valence-electron chi connectivity index (χ0n) is 12.0. The van der Waals surface area contributed by atoms with Crippen molar-refractivity contribution in [2.24, 2.45) is 11.5 Å². The number of carbonyl (C=O) groups excluding carboxylic acids is 2. The van der Waals surface area contributed by atoms with Crippen LogP contribution in [0.25, 0.3) is 0 Å². The molecule has 0 radical (unpaired) electrons. The molecule has 1 saturated heterocycles. The fraction of sp³-hybridized carbons (Fsp3) is 0.429. The number of anilines is 1. The average Bonchev–Trinajstić information content (AvgIpc) is 2.95. The molecular weight excluding hydrogens is 310 g/mol. The molecule has 1 aromatic rings. The highest BCUT2D eigenvalue weighted by molar-refractivity contribution is 5.94. The van der Waals surface area contributed by atoms with Crippen molar-refractivity contribution in [3.8, 4) is 5.75 Å². The van der Waals surface area contributed by atoms with Crippen molar-refractivity contribution in [2.45, 2.75) is 25.0 Å². The zero-order chi connectivity index (χ0) is 15.2. The van der Waals surface area contributed by atoms with Gasteiger partial charge in [-0.2, -0.15) is 0 Å². The van der Waals surface area contributed by atoms with Crippen molar-refractivity contribution in [1.29, 1.82) is 0 Å². The summed E-state index contributed by atoms with van der Waals surface area (Å²) in [4.78, 5) is 22.6. The van der Waals surface area contributed by atoms with Gasteiger partial charge in [-0.3, -0.25) is 9.59 Å². The topological polar surface area (TPSA) is 117 Å². The minimum Gasteiger partial charge on any atom is -0.484 e. The van der Waals surface area contributed by atoms with Gasteiger partial charge in [0.2, 0.25) is 0 Å². The molecule has 0 saturated carbocycles. The van der Waals surface area contributed by atoms with E-state index >= 15 is 0 Å². The van der Waals surface area contributed by atoms with Gasteiger partial charge in [-0.05, 0) is 37.1 Å². The highest BCUT2D eigenvalue weighted by atomic mass is 35.5. The number of rotatable bonds is 6. The maximum absolute atomic E-state index is 12.0. The van der Waals surface area contributed by atoms with Gasteiger partial charge in [0.1, 0.15) is 11.9 Å². The van der Waals surface area contributed by atoms with E-state index in [1.807, 2.05) is 0 Å². The fourth-order valence-corrected chi connectivity index (χ4v) is 2.08. The molecule has 1 heterocycles. The first-order valence-electron chi connectivity index (χ1n) is 6.76. The molecule has 122 valence electrons. The van der Waals surface area contributed by atoms with Gasteiger partial charge in [-0.15, -0.1) is 12.4 Å². The van der Waals surface area contributed by atoms with Crippen LogP contribution in [0.5, 0.6) is 5.75 Å². The van der Waals surface area contributed by atoms with Crippen molar-refractivity contribution in [3.63, 3.8) is 0 Å². The molecule has 2 atom stereocenters. The van der Waals surface area contributed by atoms with Crippen LogP contribution >= 0.6 is 12.4 Å². The van der Waals surface area contributed by atoms with Gasteiger partial charge < -0.3 is 26.3 Å². The summed E-state index contributed by atoms with van der Waals surface area (Å²) in [7, 11) is 0. The van der Waals surface area contributed by atoms with E-state index in [-0.39, 0.29) is 31.0 Å². The number of carbonyl (C=O) groups is 2. The predicted molar refractivity (Wildman–Crippen MR) is 84.0 cm³/mol. The lowest BCUT2D eigenvalue weighted by Gasteiger charge is -2.13. The van der Waals surface area contributed by atoms with Gasteiger partial charge in [0.15, 0.2) is 6.61 Å². The van der Waals surface area contributed by atoms with E-state index in [4.69, 9.17) is 20.9 Å². The monoisotopic (exact) mass is 329 g/mol. The Bertz CT molecular complexity index is 509. The second-order valence-corrected chi connectivity index (χ2v) is 4.83. The summed E-state index contributed by atoms with van der Waals surface area (Å²) in [6.07, 6.45) is 0.983. The molecule has 1 aliphatic rings. The summed E-state index contributed by atoms with van der Waals surface area (Å²) in [5, 5.41) is 2.77. The highest BCUT2D eigenvalue weighted by Gasteiger charge is 2.29. The van der Waals surface area contributed by atoms with E-state index < -0.39 is 12.0 Å². The Morgan fingerprint density at radius 3 is 2.50 bits per heavy atom. The number of ether oxygens (including phenoxy) is 2. The van der Waals surface area contributed by atoms with Crippen LogP contribution in [0.4, 0.5) is 5.69 Å². The zero-order valence-corrected chi connectivity index (χ0v) is 12.8. The van der Waals surface area contributed by atoms with E-state index in [1.54, 1.807) is 24.3 Å². The molecule has 22 heavy (non-hydrogen) atoms. The first-order valence-corrected chi connectivity index (χ1v) is 6.76. The Morgan fingerprint density at radius 2 is 1.95 bits per heavy atom. The van der Waals surface area contributed by atoms with Crippen LogP contribution in [0.3, 0.4) is 0 Å². The molecule has 1 aromatic carbocycles. The maximum atomic E-state index is 12.0. The third-order valence-corrected chi connectivity index (χ3v) is 3.17. The van der Waals surface area contributed by atoms with Crippen molar-refractivity contribution in [2.75, 3.05) is 18.5 Å². The summed E-state index contributed by atoms with van der Waals surface area (Å²) < 4.78 is 10.7. The Balaban J connectivity index is 0.00000242. The van der Waals surface area contributed by atoms with Gasteiger partial charge >= 0.3 is 0 Å². The van der Waals surface area contributed by atoms with E-state index in [2.05, 4.69) is 5.32 Å². The number of nitrogens with two attached hydrogens (primary N) is 2. The quantitative estimate of drug-likeness (QED) is 0.699. The van der Waals surface area contributed by atoms with Gasteiger partial charge in [-0.1, -0.05) is 0 Å². The number of hydrogen-bond acceptors (Lipinski definition) is 5. The molecule has 8 heteroatoms. The molecule has 0 spiro atoms. The smallest absolute Gasteiger partial charge is 0.255 e. The average molecular weight is 330 g/mol. The summed E-state index contributed by atoms with van der Waals surface area (Å²) in [5.74, 6) is -0.218. The summed E-state index contributed by atoms with van der Waals surface area (Å²) in [6, 6.07) is 6.67. The van der Waals surface area contributed by atoms with Crippen LogP contribution in [0.1, 0.15) is 12.8 Å². The van der Waals surface area contributed by atoms with Crippen LogP contribution in [-0.2, 0) is 14.3 Å². The van der Waals surface area contributed by atoms with Crippen LogP contribution in [0.15, 0.2) is 24.3 Å². The standard InChI is InChI=1S/C14H19N3O4.ClH/c15-7-11-5-6-12(21-11)14(19)17-9-1-3-10(4-2-9)20-8-13(16)18;/h1-4,11-12H,5-8,15H2,(H2,16,18)(H,17,19);1H/t11-,12+;/m1./s1. The van der Waals surface area contributed by atoms with Gasteiger partial charge in [0.05, 0.1) is 6.10 Å². The number of hydrogen-bond donors (Lipinski definition) is 3. The number of amides is 2. The summed E-state index contributed by atoms with van der Waals surface area (Å²) >= 11 is 0. The van der Waals surface area contributed by atoms with Crippen LogP contribution in [0.2, 0.25) is 0 Å². The number of nitrogens with one attached hydrogen (secondary N) is 1. The maximum Gasteiger partial charge on any atom is 0.255 e. The lowest BCUT2D eigenvalue weighted by atomic mass is 10.2. The first kappa shape index (κ1) is 18.2. The third-order valence-electron chi connectivity index (χ3n) is 3.17. The van der Waals surface area contributed by atoms with Crippen LogP contribution in [0, 0.1) is 0 Å². The van der Waals surface area contributed by atoms with Crippen molar-refractivity contribution < 1.29 is 19.1 Å². The molecule has 7 nitrogen and oxygen atoms in total. The van der Waals surface area contributed by atoms with E-state index in [0.29, 0.717) is 24.4 Å². The van der Waals surface area contributed by atoms with Gasteiger partial charge in [-0.25, -0.2) is 0 Å². The molecule has 2 amide bonds.